The first-order valence-corrected chi connectivity index (χ1v) is 11.0. The lowest BCUT2D eigenvalue weighted by atomic mass is 9.91. The number of carbonyl (C=O) groups excluding carboxylic acids is 4. The van der Waals surface area contributed by atoms with E-state index in [9.17, 15) is 19.2 Å². The van der Waals surface area contributed by atoms with E-state index in [-0.39, 0.29) is 6.54 Å². The SMILES string of the molecule is C#Cc1ccccc1C(C(=O)NCC(=O)OC)N(C(=O)CNC(=O)OC(C)(C)C)C(C)(C)CC. The van der Waals surface area contributed by atoms with Gasteiger partial charge < -0.3 is 25.0 Å². The Morgan fingerprint density at radius 2 is 1.68 bits per heavy atom. The molecule has 186 valence electrons. The normalized spacial score (nSPS) is 12.1. The first kappa shape index (κ1) is 28.5. The Morgan fingerprint density at radius 3 is 2.21 bits per heavy atom. The quantitative estimate of drug-likeness (QED) is 0.421. The van der Waals surface area contributed by atoms with Gasteiger partial charge in [0.2, 0.25) is 11.8 Å². The Labute approximate surface area is 201 Å². The number of carbonyl (C=O) groups is 4. The third kappa shape index (κ3) is 8.10. The Kier molecular flexibility index (Phi) is 10.1. The van der Waals surface area contributed by atoms with Crippen LogP contribution in [-0.2, 0) is 23.9 Å². The second-order valence-electron chi connectivity index (χ2n) is 9.21. The van der Waals surface area contributed by atoms with Crippen LogP contribution in [0.25, 0.3) is 0 Å². The van der Waals surface area contributed by atoms with Crippen LogP contribution >= 0.6 is 0 Å². The van der Waals surface area contributed by atoms with Gasteiger partial charge in [0.25, 0.3) is 0 Å². The first-order chi connectivity index (χ1) is 15.8. The molecule has 9 heteroatoms. The second kappa shape index (κ2) is 12.1. The summed E-state index contributed by atoms with van der Waals surface area (Å²) in [7, 11) is 1.21. The maximum absolute atomic E-state index is 13.5. The van der Waals surface area contributed by atoms with Crippen LogP contribution in [0.5, 0.6) is 0 Å². The number of hydrogen-bond donors (Lipinski definition) is 2. The minimum Gasteiger partial charge on any atom is -0.468 e. The zero-order valence-corrected chi connectivity index (χ0v) is 21.0. The van der Waals surface area contributed by atoms with Crippen LogP contribution < -0.4 is 10.6 Å². The molecule has 1 atom stereocenters. The third-order valence-electron chi connectivity index (χ3n) is 5.12. The fourth-order valence-electron chi connectivity index (χ4n) is 3.14. The zero-order valence-electron chi connectivity index (χ0n) is 21.0. The summed E-state index contributed by atoms with van der Waals surface area (Å²) in [4.78, 5) is 52.0. The molecule has 34 heavy (non-hydrogen) atoms. The number of rotatable bonds is 9. The molecule has 9 nitrogen and oxygen atoms in total. The van der Waals surface area contributed by atoms with Gasteiger partial charge in [-0.2, -0.15) is 0 Å². The first-order valence-electron chi connectivity index (χ1n) is 11.0. The standard InChI is InChI=1S/C25H35N3O6/c1-9-17-13-11-12-14-18(17)21(22(31)26-16-20(30)33-8)28(25(6,7)10-2)19(29)15-27-23(32)34-24(3,4)5/h1,11-14,21H,10,15-16H2,2-8H3,(H,26,31)(H,27,32). The van der Waals surface area contributed by atoms with Gasteiger partial charge in [-0.15, -0.1) is 6.42 Å². The average Bonchev–Trinajstić information content (AvgIpc) is 2.77. The predicted octanol–water partition coefficient (Wildman–Crippen LogP) is 2.54. The van der Waals surface area contributed by atoms with E-state index < -0.39 is 47.6 Å². The highest BCUT2D eigenvalue weighted by atomic mass is 16.6. The van der Waals surface area contributed by atoms with Gasteiger partial charge in [0, 0.05) is 11.1 Å². The second-order valence-corrected chi connectivity index (χ2v) is 9.21. The Morgan fingerprint density at radius 1 is 1.06 bits per heavy atom. The minimum atomic E-state index is -1.17. The number of esters is 1. The van der Waals surface area contributed by atoms with Gasteiger partial charge in [-0.3, -0.25) is 14.4 Å². The number of terminal acetylenes is 1. The van der Waals surface area contributed by atoms with Gasteiger partial charge in [-0.1, -0.05) is 31.0 Å². The molecule has 0 aliphatic heterocycles. The third-order valence-corrected chi connectivity index (χ3v) is 5.12. The molecule has 0 aromatic heterocycles. The van der Waals surface area contributed by atoms with Gasteiger partial charge >= 0.3 is 12.1 Å². The van der Waals surface area contributed by atoms with E-state index in [1.807, 2.05) is 6.92 Å². The molecule has 0 saturated heterocycles. The maximum Gasteiger partial charge on any atom is 0.408 e. The van der Waals surface area contributed by atoms with Crippen molar-refractivity contribution in [1.82, 2.24) is 15.5 Å². The number of ether oxygens (including phenoxy) is 2. The Bertz CT molecular complexity index is 943. The summed E-state index contributed by atoms with van der Waals surface area (Å²) in [6, 6.07) is 5.59. The lowest BCUT2D eigenvalue weighted by Gasteiger charge is -2.43. The fraction of sp³-hybridized carbons (Fsp3) is 0.520. The Hall–Kier alpha value is -3.54. The van der Waals surface area contributed by atoms with Crippen molar-refractivity contribution >= 4 is 23.9 Å². The van der Waals surface area contributed by atoms with Gasteiger partial charge in [0.05, 0.1) is 7.11 Å². The van der Waals surface area contributed by atoms with Crippen LogP contribution in [0.1, 0.15) is 65.1 Å². The molecule has 1 rings (SSSR count). The van der Waals surface area contributed by atoms with Crippen molar-refractivity contribution in [3.63, 3.8) is 0 Å². The van der Waals surface area contributed by atoms with Crippen molar-refractivity contribution in [2.75, 3.05) is 20.2 Å². The van der Waals surface area contributed by atoms with E-state index in [0.29, 0.717) is 17.5 Å². The minimum absolute atomic E-state index is 0.380. The van der Waals surface area contributed by atoms with Crippen LogP contribution in [0.15, 0.2) is 24.3 Å². The van der Waals surface area contributed by atoms with Gasteiger partial charge in [0.15, 0.2) is 0 Å². The number of nitrogens with zero attached hydrogens (tertiary/aromatic N) is 1. The van der Waals surface area contributed by atoms with Crippen LogP contribution in [0, 0.1) is 12.3 Å². The maximum atomic E-state index is 13.5. The number of amides is 3. The molecule has 0 spiro atoms. The highest BCUT2D eigenvalue weighted by Gasteiger charge is 2.41. The number of alkyl carbamates (subject to hydrolysis) is 1. The molecule has 2 N–H and O–H groups in total. The molecule has 0 aliphatic rings. The zero-order chi connectivity index (χ0) is 26.1. The van der Waals surface area contributed by atoms with Gasteiger partial charge in [0.1, 0.15) is 24.7 Å². The number of methoxy groups -OCH3 is 1. The van der Waals surface area contributed by atoms with Crippen LogP contribution in [0.3, 0.4) is 0 Å². The lowest BCUT2D eigenvalue weighted by molar-refractivity contribution is -0.148. The lowest BCUT2D eigenvalue weighted by Crippen LogP contribution is -2.56. The van der Waals surface area contributed by atoms with Crippen molar-refractivity contribution in [2.24, 2.45) is 0 Å². The molecule has 1 aromatic rings. The summed E-state index contributed by atoms with van der Waals surface area (Å²) in [5, 5.41) is 4.97. The van der Waals surface area contributed by atoms with Crippen molar-refractivity contribution in [1.29, 1.82) is 0 Å². The highest BCUT2D eigenvalue weighted by Crippen LogP contribution is 2.32. The molecular formula is C25H35N3O6. The van der Waals surface area contributed by atoms with Gasteiger partial charge in [-0.05, 0) is 52.7 Å². The summed E-state index contributed by atoms with van der Waals surface area (Å²) in [5.41, 5.74) is -0.718. The van der Waals surface area contributed by atoms with Crippen molar-refractivity contribution in [2.45, 2.75) is 65.1 Å². The van der Waals surface area contributed by atoms with E-state index in [4.69, 9.17) is 11.2 Å². The largest absolute Gasteiger partial charge is 0.468 e. The number of hydrogen-bond acceptors (Lipinski definition) is 6. The van der Waals surface area contributed by atoms with Gasteiger partial charge in [-0.25, -0.2) is 4.79 Å². The summed E-state index contributed by atoms with van der Waals surface area (Å²) in [6.45, 7) is 9.82. The molecule has 0 fully saturated rings. The van der Waals surface area contributed by atoms with E-state index in [1.165, 1.54) is 12.0 Å². The summed E-state index contributed by atoms with van der Waals surface area (Å²) >= 11 is 0. The van der Waals surface area contributed by atoms with Crippen LogP contribution in [-0.4, -0.2) is 60.1 Å². The van der Waals surface area contributed by atoms with Crippen LogP contribution in [0.4, 0.5) is 4.79 Å². The number of benzene rings is 1. The van der Waals surface area contributed by atoms with Crippen molar-refractivity contribution < 1.29 is 28.7 Å². The summed E-state index contributed by atoms with van der Waals surface area (Å²) in [5.74, 6) is 0.769. The fourth-order valence-corrected chi connectivity index (χ4v) is 3.14. The molecule has 1 aromatic carbocycles. The topological polar surface area (TPSA) is 114 Å². The molecule has 3 amide bonds. The summed E-state index contributed by atoms with van der Waals surface area (Å²) in [6.07, 6.45) is 5.41. The average molecular weight is 474 g/mol. The highest BCUT2D eigenvalue weighted by molar-refractivity contribution is 5.92. The molecular weight excluding hydrogens is 438 g/mol. The predicted molar refractivity (Wildman–Crippen MR) is 128 cm³/mol. The van der Waals surface area contributed by atoms with Crippen LogP contribution in [0.2, 0.25) is 0 Å². The monoisotopic (exact) mass is 473 g/mol. The molecule has 0 saturated carbocycles. The Balaban J connectivity index is 3.44. The van der Waals surface area contributed by atoms with Crippen molar-refractivity contribution in [3.05, 3.63) is 35.4 Å². The molecule has 0 heterocycles. The van der Waals surface area contributed by atoms with Crippen molar-refractivity contribution in [3.8, 4) is 12.3 Å². The number of nitrogens with one attached hydrogen (secondary N) is 2. The summed E-state index contributed by atoms with van der Waals surface area (Å²) < 4.78 is 9.81. The molecule has 0 aliphatic carbocycles. The molecule has 0 bridgehead atoms. The van der Waals surface area contributed by atoms with E-state index >= 15 is 0 Å². The smallest absolute Gasteiger partial charge is 0.408 e. The van der Waals surface area contributed by atoms with E-state index in [0.717, 1.165) is 0 Å². The molecule has 0 radical (unpaired) electrons. The molecule has 1 unspecified atom stereocenters. The van der Waals surface area contributed by atoms with E-state index in [1.54, 1.807) is 58.9 Å². The van der Waals surface area contributed by atoms with E-state index in [2.05, 4.69) is 21.3 Å².